The average molecular weight is 438 g/mol. The summed E-state index contributed by atoms with van der Waals surface area (Å²) in [7, 11) is 1.60. The number of thiophene rings is 1. The summed E-state index contributed by atoms with van der Waals surface area (Å²) in [5.41, 5.74) is 2.39. The molecule has 1 N–H and O–H groups in total. The summed E-state index contributed by atoms with van der Waals surface area (Å²) < 4.78 is 12.5. The van der Waals surface area contributed by atoms with Gasteiger partial charge in [0.2, 0.25) is 5.88 Å². The second kappa shape index (κ2) is 9.23. The number of pyridine rings is 2. The van der Waals surface area contributed by atoms with Gasteiger partial charge in [-0.2, -0.15) is 5.10 Å². The summed E-state index contributed by atoms with van der Waals surface area (Å²) in [5, 5.41) is 10.1. The number of fused-ring (bicyclic) bond motifs is 1. The second-order valence-electron chi connectivity index (χ2n) is 7.10. The van der Waals surface area contributed by atoms with Crippen LogP contribution in [0.5, 0.6) is 5.88 Å². The van der Waals surface area contributed by atoms with E-state index in [2.05, 4.69) is 15.4 Å². The molecule has 1 amide bonds. The van der Waals surface area contributed by atoms with E-state index >= 15 is 0 Å². The number of ether oxygens (including phenoxy) is 2. The first kappa shape index (κ1) is 21.0. The Bertz CT molecular complexity index is 1190. The highest BCUT2D eigenvalue weighted by atomic mass is 32.1. The molecule has 8 nitrogen and oxygen atoms in total. The van der Waals surface area contributed by atoms with Gasteiger partial charge in [0, 0.05) is 19.3 Å². The molecule has 9 heteroatoms. The number of rotatable bonds is 8. The predicted octanol–water partition coefficient (Wildman–Crippen LogP) is 4.41. The molecule has 31 heavy (non-hydrogen) atoms. The first-order valence-electron chi connectivity index (χ1n) is 9.88. The molecule has 0 aliphatic carbocycles. The third kappa shape index (κ3) is 4.42. The fourth-order valence-corrected chi connectivity index (χ4v) is 3.83. The van der Waals surface area contributed by atoms with Crippen LogP contribution in [0.2, 0.25) is 0 Å². The Kier molecular flexibility index (Phi) is 6.24. The molecule has 4 aromatic rings. The van der Waals surface area contributed by atoms with Crippen molar-refractivity contribution in [3.05, 3.63) is 53.7 Å². The van der Waals surface area contributed by atoms with E-state index in [9.17, 15) is 4.79 Å². The fraction of sp³-hybridized carbons (Fsp3) is 0.273. The van der Waals surface area contributed by atoms with Gasteiger partial charge in [-0.3, -0.25) is 4.79 Å². The molecule has 0 saturated heterocycles. The molecule has 0 spiro atoms. The quantitative estimate of drug-likeness (QED) is 0.411. The van der Waals surface area contributed by atoms with Crippen molar-refractivity contribution in [1.29, 1.82) is 0 Å². The van der Waals surface area contributed by atoms with E-state index in [1.807, 2.05) is 36.0 Å². The van der Waals surface area contributed by atoms with Gasteiger partial charge in [0.15, 0.2) is 5.65 Å². The molecule has 0 unspecified atom stereocenters. The van der Waals surface area contributed by atoms with Crippen molar-refractivity contribution in [1.82, 2.24) is 19.7 Å². The SMILES string of the molecule is COCCOc1ncccc1NC(=O)c1cc(-c2cccs2)nc2c1cnn2C(C)C. The minimum Gasteiger partial charge on any atom is -0.474 e. The van der Waals surface area contributed by atoms with Crippen molar-refractivity contribution in [2.24, 2.45) is 0 Å². The monoisotopic (exact) mass is 437 g/mol. The van der Waals surface area contributed by atoms with Crippen LogP contribution in [-0.4, -0.2) is 46.0 Å². The summed E-state index contributed by atoms with van der Waals surface area (Å²) in [6.07, 6.45) is 3.30. The van der Waals surface area contributed by atoms with Crippen LogP contribution in [0.4, 0.5) is 5.69 Å². The molecule has 160 valence electrons. The number of hydrogen-bond acceptors (Lipinski definition) is 7. The average Bonchev–Trinajstić information content (AvgIpc) is 3.44. The lowest BCUT2D eigenvalue weighted by molar-refractivity contribution is 0.102. The Morgan fingerprint density at radius 3 is 2.87 bits per heavy atom. The highest BCUT2D eigenvalue weighted by Crippen LogP contribution is 2.30. The standard InChI is InChI=1S/C22H23N5O3S/c1-14(2)27-20-16(13-24-27)15(12-18(25-20)19-7-5-11-31-19)21(28)26-17-6-4-8-23-22(17)30-10-9-29-3/h4-8,11-14H,9-10H2,1-3H3,(H,26,28). The molecule has 0 fully saturated rings. The van der Waals surface area contributed by atoms with Gasteiger partial charge in [-0.25, -0.2) is 14.6 Å². The Morgan fingerprint density at radius 2 is 2.13 bits per heavy atom. The van der Waals surface area contributed by atoms with Gasteiger partial charge in [-0.1, -0.05) is 6.07 Å². The van der Waals surface area contributed by atoms with Gasteiger partial charge >= 0.3 is 0 Å². The van der Waals surface area contributed by atoms with Crippen LogP contribution in [0.1, 0.15) is 30.2 Å². The van der Waals surface area contributed by atoms with Crippen LogP contribution in [0.25, 0.3) is 21.6 Å². The molecule has 0 aromatic carbocycles. The number of methoxy groups -OCH3 is 1. The number of nitrogens with one attached hydrogen (secondary N) is 1. The first-order chi connectivity index (χ1) is 15.1. The van der Waals surface area contributed by atoms with E-state index < -0.39 is 0 Å². The molecule has 0 aliphatic heterocycles. The van der Waals surface area contributed by atoms with E-state index in [0.29, 0.717) is 41.4 Å². The van der Waals surface area contributed by atoms with Crippen molar-refractivity contribution in [2.45, 2.75) is 19.9 Å². The molecular weight excluding hydrogens is 414 g/mol. The number of nitrogens with zero attached hydrogens (tertiary/aromatic N) is 4. The number of carbonyl (C=O) groups excluding carboxylic acids is 1. The zero-order valence-electron chi connectivity index (χ0n) is 17.5. The summed E-state index contributed by atoms with van der Waals surface area (Å²) in [6.45, 7) is 4.82. The highest BCUT2D eigenvalue weighted by Gasteiger charge is 2.20. The normalized spacial score (nSPS) is 11.2. The zero-order chi connectivity index (χ0) is 21.8. The Balaban J connectivity index is 1.73. The largest absolute Gasteiger partial charge is 0.474 e. The molecule has 4 heterocycles. The maximum absolute atomic E-state index is 13.3. The molecule has 4 rings (SSSR count). The Morgan fingerprint density at radius 1 is 1.26 bits per heavy atom. The molecule has 0 saturated carbocycles. The van der Waals surface area contributed by atoms with Crippen LogP contribution in [0.3, 0.4) is 0 Å². The van der Waals surface area contributed by atoms with E-state index in [-0.39, 0.29) is 11.9 Å². The number of aromatic nitrogens is 4. The van der Waals surface area contributed by atoms with Crippen molar-refractivity contribution in [2.75, 3.05) is 25.6 Å². The van der Waals surface area contributed by atoms with Crippen LogP contribution in [-0.2, 0) is 4.74 Å². The van der Waals surface area contributed by atoms with E-state index in [0.717, 1.165) is 10.6 Å². The van der Waals surface area contributed by atoms with Gasteiger partial charge in [-0.15, -0.1) is 11.3 Å². The third-order valence-corrected chi connectivity index (χ3v) is 5.51. The molecule has 0 bridgehead atoms. The highest BCUT2D eigenvalue weighted by molar-refractivity contribution is 7.13. The van der Waals surface area contributed by atoms with Gasteiger partial charge in [0.05, 0.1) is 34.3 Å². The molecule has 0 aliphatic rings. The second-order valence-corrected chi connectivity index (χ2v) is 8.05. The Hall–Kier alpha value is -3.30. The number of amides is 1. The Labute approximate surface area is 183 Å². The van der Waals surface area contributed by atoms with Gasteiger partial charge in [-0.05, 0) is 43.5 Å². The van der Waals surface area contributed by atoms with Crippen molar-refractivity contribution < 1.29 is 14.3 Å². The van der Waals surface area contributed by atoms with E-state index in [4.69, 9.17) is 14.5 Å². The lowest BCUT2D eigenvalue weighted by atomic mass is 10.1. The summed E-state index contributed by atoms with van der Waals surface area (Å²) in [6, 6.07) is 9.36. The molecule has 0 radical (unpaired) electrons. The van der Waals surface area contributed by atoms with E-state index in [1.54, 1.807) is 49.0 Å². The van der Waals surface area contributed by atoms with Crippen molar-refractivity contribution in [3.8, 4) is 16.5 Å². The smallest absolute Gasteiger partial charge is 0.256 e. The number of anilines is 1. The lowest BCUT2D eigenvalue weighted by Gasteiger charge is -2.12. The molecule has 0 atom stereocenters. The minimum atomic E-state index is -0.280. The van der Waals surface area contributed by atoms with Crippen LogP contribution >= 0.6 is 11.3 Å². The van der Waals surface area contributed by atoms with Crippen molar-refractivity contribution >= 4 is 34.0 Å². The topological polar surface area (TPSA) is 91.2 Å². The first-order valence-corrected chi connectivity index (χ1v) is 10.8. The lowest BCUT2D eigenvalue weighted by Crippen LogP contribution is -2.15. The fourth-order valence-electron chi connectivity index (χ4n) is 3.15. The maximum Gasteiger partial charge on any atom is 0.256 e. The maximum atomic E-state index is 13.3. The number of hydrogen-bond donors (Lipinski definition) is 1. The molecule has 4 aromatic heterocycles. The summed E-state index contributed by atoms with van der Waals surface area (Å²) in [5.74, 6) is 0.0626. The molecular formula is C22H23N5O3S. The van der Waals surface area contributed by atoms with Crippen LogP contribution in [0, 0.1) is 0 Å². The minimum absolute atomic E-state index is 0.110. The van der Waals surface area contributed by atoms with Crippen LogP contribution in [0.15, 0.2) is 48.1 Å². The van der Waals surface area contributed by atoms with Gasteiger partial charge < -0.3 is 14.8 Å². The third-order valence-electron chi connectivity index (χ3n) is 4.62. The predicted molar refractivity (Wildman–Crippen MR) is 121 cm³/mol. The van der Waals surface area contributed by atoms with Crippen LogP contribution < -0.4 is 10.1 Å². The summed E-state index contributed by atoms with van der Waals surface area (Å²) in [4.78, 5) is 23.3. The van der Waals surface area contributed by atoms with E-state index in [1.165, 1.54) is 0 Å². The van der Waals surface area contributed by atoms with Gasteiger partial charge in [0.1, 0.15) is 12.3 Å². The zero-order valence-corrected chi connectivity index (χ0v) is 18.3. The summed E-state index contributed by atoms with van der Waals surface area (Å²) >= 11 is 1.57. The van der Waals surface area contributed by atoms with Crippen molar-refractivity contribution in [3.63, 3.8) is 0 Å². The van der Waals surface area contributed by atoms with Gasteiger partial charge in [0.25, 0.3) is 5.91 Å². The number of carbonyl (C=O) groups is 1.